The third kappa shape index (κ3) is 3.02. The van der Waals surface area contributed by atoms with Crippen LogP contribution in [0.1, 0.15) is 35.6 Å². The predicted octanol–water partition coefficient (Wildman–Crippen LogP) is 3.14. The fraction of sp³-hybridized carbons (Fsp3) is 0.292. The molecule has 0 radical (unpaired) electrons. The van der Waals surface area contributed by atoms with E-state index in [4.69, 9.17) is 0 Å². The average molecular weight is 425 g/mol. The van der Waals surface area contributed by atoms with Gasteiger partial charge in [0, 0.05) is 31.3 Å². The highest BCUT2D eigenvalue weighted by Crippen LogP contribution is 2.23. The summed E-state index contributed by atoms with van der Waals surface area (Å²) >= 11 is 0. The number of benzene rings is 2. The summed E-state index contributed by atoms with van der Waals surface area (Å²) in [5.41, 5.74) is 4.40. The van der Waals surface area contributed by atoms with Gasteiger partial charge in [0.1, 0.15) is 11.6 Å². The molecule has 8 nitrogen and oxygen atoms in total. The van der Waals surface area contributed by atoms with Crippen LogP contribution in [-0.2, 0) is 24.2 Å². The maximum atomic E-state index is 12.9. The Morgan fingerprint density at radius 3 is 2.75 bits per heavy atom. The van der Waals surface area contributed by atoms with Crippen LogP contribution in [-0.4, -0.2) is 46.5 Å². The lowest BCUT2D eigenvalue weighted by Crippen LogP contribution is -2.35. The summed E-state index contributed by atoms with van der Waals surface area (Å²) in [7, 11) is 0. The van der Waals surface area contributed by atoms with Crippen LogP contribution < -0.4 is 0 Å². The van der Waals surface area contributed by atoms with Gasteiger partial charge < -0.3 is 4.90 Å². The molecule has 0 saturated carbocycles. The number of carbonyl (C=O) groups is 1. The highest BCUT2D eigenvalue weighted by atomic mass is 16.2. The van der Waals surface area contributed by atoms with Crippen LogP contribution in [0.15, 0.2) is 48.5 Å². The van der Waals surface area contributed by atoms with Gasteiger partial charge in [0.15, 0.2) is 5.65 Å². The summed E-state index contributed by atoms with van der Waals surface area (Å²) < 4.78 is 3.79. The zero-order valence-electron chi connectivity index (χ0n) is 17.9. The molecule has 0 aliphatic carbocycles. The molecule has 160 valence electrons. The first-order valence-electron chi connectivity index (χ1n) is 11.0. The Balaban J connectivity index is 1.24. The van der Waals surface area contributed by atoms with Crippen LogP contribution in [0.25, 0.3) is 22.3 Å². The topological polar surface area (TPSA) is 80.7 Å². The maximum absolute atomic E-state index is 12.9. The number of amides is 1. The molecule has 6 rings (SSSR count). The summed E-state index contributed by atoms with van der Waals surface area (Å²) in [5.74, 6) is 2.38. The van der Waals surface area contributed by atoms with Gasteiger partial charge in [-0.25, -0.2) is 4.98 Å². The van der Waals surface area contributed by atoms with Gasteiger partial charge in [-0.15, -0.1) is 15.3 Å². The molecule has 1 amide bonds. The van der Waals surface area contributed by atoms with Crippen LogP contribution >= 0.6 is 0 Å². The molecular formula is C24H23N7O. The van der Waals surface area contributed by atoms with Crippen LogP contribution in [0.2, 0.25) is 0 Å². The quantitative estimate of drug-likeness (QED) is 0.442. The van der Waals surface area contributed by atoms with Crippen molar-refractivity contribution in [3.8, 4) is 0 Å². The molecule has 0 spiro atoms. The number of nitrogens with zero attached hydrogens (tertiary/aromatic N) is 7. The Morgan fingerprint density at radius 2 is 1.84 bits per heavy atom. The van der Waals surface area contributed by atoms with Crippen LogP contribution in [0, 0.1) is 6.92 Å². The van der Waals surface area contributed by atoms with E-state index in [0.717, 1.165) is 41.8 Å². The largest absolute Gasteiger partial charge is 0.338 e. The first-order chi connectivity index (χ1) is 15.7. The Bertz CT molecular complexity index is 1480. The summed E-state index contributed by atoms with van der Waals surface area (Å²) in [4.78, 5) is 19.4. The van der Waals surface area contributed by atoms with Gasteiger partial charge in [0.2, 0.25) is 5.91 Å². The Kier molecular flexibility index (Phi) is 4.38. The van der Waals surface area contributed by atoms with Crippen molar-refractivity contribution in [2.75, 3.05) is 6.54 Å². The highest BCUT2D eigenvalue weighted by molar-refractivity contribution is 5.93. The van der Waals surface area contributed by atoms with Gasteiger partial charge in [-0.2, -0.15) is 4.52 Å². The lowest BCUT2D eigenvalue weighted by Gasteiger charge is -2.29. The third-order valence-corrected chi connectivity index (χ3v) is 6.28. The van der Waals surface area contributed by atoms with Crippen molar-refractivity contribution in [3.63, 3.8) is 0 Å². The molecule has 0 N–H and O–H groups in total. The molecule has 32 heavy (non-hydrogen) atoms. The molecule has 4 heterocycles. The van der Waals surface area contributed by atoms with E-state index in [2.05, 4.69) is 44.5 Å². The first-order valence-corrected chi connectivity index (χ1v) is 11.0. The molecular weight excluding hydrogens is 402 g/mol. The van der Waals surface area contributed by atoms with Crippen LogP contribution in [0.5, 0.6) is 0 Å². The van der Waals surface area contributed by atoms with Crippen molar-refractivity contribution in [1.29, 1.82) is 0 Å². The first kappa shape index (κ1) is 18.9. The van der Waals surface area contributed by atoms with Crippen molar-refractivity contribution in [1.82, 2.24) is 34.1 Å². The molecule has 8 heteroatoms. The third-order valence-electron chi connectivity index (χ3n) is 6.28. The van der Waals surface area contributed by atoms with E-state index in [1.807, 2.05) is 40.5 Å². The zero-order valence-corrected chi connectivity index (χ0v) is 17.9. The number of para-hydroxylation sites is 1. The van der Waals surface area contributed by atoms with E-state index in [1.165, 1.54) is 11.1 Å². The van der Waals surface area contributed by atoms with E-state index in [0.29, 0.717) is 31.0 Å². The van der Waals surface area contributed by atoms with Crippen molar-refractivity contribution in [3.05, 3.63) is 71.3 Å². The zero-order chi connectivity index (χ0) is 21.7. The van der Waals surface area contributed by atoms with Crippen molar-refractivity contribution < 1.29 is 4.79 Å². The lowest BCUT2D eigenvalue weighted by atomic mass is 9.99. The fourth-order valence-corrected chi connectivity index (χ4v) is 4.70. The number of aromatic nitrogens is 6. The normalized spacial score (nSPS) is 13.8. The van der Waals surface area contributed by atoms with Gasteiger partial charge in [0.25, 0.3) is 5.78 Å². The van der Waals surface area contributed by atoms with Crippen molar-refractivity contribution in [2.24, 2.45) is 0 Å². The summed E-state index contributed by atoms with van der Waals surface area (Å²) in [6.07, 6.45) is 2.82. The lowest BCUT2D eigenvalue weighted by molar-refractivity contribution is -0.132. The number of hydrogen-bond donors (Lipinski definition) is 0. The second-order valence-corrected chi connectivity index (χ2v) is 8.35. The number of aryl methyl sites for hydroxylation is 2. The Labute approximate surface area is 184 Å². The number of fused-ring (bicyclic) bond motifs is 7. The predicted molar refractivity (Wildman–Crippen MR) is 120 cm³/mol. The molecule has 2 aromatic carbocycles. The highest BCUT2D eigenvalue weighted by Gasteiger charge is 2.21. The molecule has 0 bridgehead atoms. The van der Waals surface area contributed by atoms with Gasteiger partial charge in [-0.05, 0) is 43.0 Å². The molecule has 0 saturated heterocycles. The Hall–Kier alpha value is -3.81. The van der Waals surface area contributed by atoms with E-state index in [1.54, 1.807) is 4.52 Å². The standard InChI is InChI=1S/C24H23N7O/c1-16-25-23-19-9-4-5-10-20(19)30-21(26-27-24(30)31(23)28-16)11-6-12-22(32)29-14-13-17-7-2-3-8-18(17)15-29/h2-5,7-10H,6,11-15H2,1H3. The Morgan fingerprint density at radius 1 is 1.03 bits per heavy atom. The van der Waals surface area contributed by atoms with E-state index >= 15 is 0 Å². The molecule has 5 aromatic rings. The molecule has 0 fully saturated rings. The monoisotopic (exact) mass is 425 g/mol. The van der Waals surface area contributed by atoms with Crippen LogP contribution in [0.4, 0.5) is 0 Å². The smallest absolute Gasteiger partial charge is 0.258 e. The summed E-state index contributed by atoms with van der Waals surface area (Å²) in [5, 5.41) is 14.4. The number of hydrogen-bond acceptors (Lipinski definition) is 5. The van der Waals surface area contributed by atoms with Gasteiger partial charge in [-0.1, -0.05) is 36.4 Å². The number of rotatable bonds is 4. The van der Waals surface area contributed by atoms with Crippen molar-refractivity contribution in [2.45, 2.75) is 39.2 Å². The molecule has 3 aromatic heterocycles. The minimum Gasteiger partial charge on any atom is -0.338 e. The molecule has 0 atom stereocenters. The molecule has 1 aliphatic rings. The van der Waals surface area contributed by atoms with Gasteiger partial charge in [0.05, 0.1) is 5.52 Å². The van der Waals surface area contributed by atoms with Crippen molar-refractivity contribution >= 4 is 28.2 Å². The summed E-state index contributed by atoms with van der Waals surface area (Å²) in [6, 6.07) is 16.5. The molecule has 1 aliphatic heterocycles. The van der Waals surface area contributed by atoms with E-state index in [-0.39, 0.29) is 5.91 Å². The fourth-order valence-electron chi connectivity index (χ4n) is 4.70. The maximum Gasteiger partial charge on any atom is 0.258 e. The second-order valence-electron chi connectivity index (χ2n) is 8.35. The summed E-state index contributed by atoms with van der Waals surface area (Å²) in [6.45, 7) is 3.37. The number of carbonyl (C=O) groups excluding carboxylic acids is 1. The van der Waals surface area contributed by atoms with Gasteiger partial charge >= 0.3 is 0 Å². The minimum absolute atomic E-state index is 0.201. The minimum atomic E-state index is 0.201. The average Bonchev–Trinajstić information content (AvgIpc) is 3.42. The van der Waals surface area contributed by atoms with Crippen LogP contribution in [0.3, 0.4) is 0 Å². The second kappa shape index (κ2) is 7.40. The van der Waals surface area contributed by atoms with Gasteiger partial charge in [-0.3, -0.25) is 9.20 Å². The van der Waals surface area contributed by atoms with E-state index < -0.39 is 0 Å². The molecule has 0 unspecified atom stereocenters. The SMILES string of the molecule is Cc1nc2c3ccccc3n3c(CCCC(=O)N4CCc5ccccc5C4)nnc3n2n1. The van der Waals surface area contributed by atoms with E-state index in [9.17, 15) is 4.79 Å².